The number of rotatable bonds is 7. The molecular formula is C17H24N6O2S. The first-order chi connectivity index (χ1) is 12.3. The quantitative estimate of drug-likeness (QED) is 0.671. The van der Waals surface area contributed by atoms with Gasteiger partial charge >= 0.3 is 6.03 Å². The first-order valence-electron chi connectivity index (χ1n) is 8.07. The highest BCUT2D eigenvalue weighted by molar-refractivity contribution is 7.83. The van der Waals surface area contributed by atoms with Crippen LogP contribution in [0.4, 0.5) is 16.3 Å². The fourth-order valence-electron chi connectivity index (χ4n) is 2.20. The van der Waals surface area contributed by atoms with Crippen LogP contribution in [0.2, 0.25) is 0 Å². The fourth-order valence-corrected chi connectivity index (χ4v) is 2.77. The molecule has 0 saturated carbocycles. The van der Waals surface area contributed by atoms with Gasteiger partial charge in [0.1, 0.15) is 5.82 Å². The molecule has 0 aliphatic carbocycles. The van der Waals surface area contributed by atoms with Crippen LogP contribution in [0.15, 0.2) is 30.3 Å². The third-order valence-electron chi connectivity index (χ3n) is 3.40. The number of carbonyl (C=O) groups excluding carboxylic acids is 1. The van der Waals surface area contributed by atoms with E-state index in [0.29, 0.717) is 35.3 Å². The summed E-state index contributed by atoms with van der Waals surface area (Å²) in [5.41, 5.74) is 7.88. The Hall–Kier alpha value is -2.52. The summed E-state index contributed by atoms with van der Waals surface area (Å²) >= 11 is 0. The summed E-state index contributed by atoms with van der Waals surface area (Å²) in [7, 11) is 2.88. The zero-order chi connectivity index (χ0) is 19.1. The molecule has 26 heavy (non-hydrogen) atoms. The summed E-state index contributed by atoms with van der Waals surface area (Å²) < 4.78 is 11.4. The highest BCUT2D eigenvalue weighted by atomic mass is 32.2. The number of anilines is 2. The van der Waals surface area contributed by atoms with Crippen LogP contribution in [0, 0.1) is 0 Å². The number of nitrogens with one attached hydrogen (secondary N) is 2. The molecule has 140 valence electrons. The van der Waals surface area contributed by atoms with Crippen molar-refractivity contribution >= 4 is 28.3 Å². The molecule has 1 atom stereocenters. The number of aromatic nitrogens is 2. The zero-order valence-electron chi connectivity index (χ0n) is 15.2. The Bertz CT molecular complexity index is 779. The lowest BCUT2D eigenvalue weighted by atomic mass is 10.2. The lowest BCUT2D eigenvalue weighted by Crippen LogP contribution is -2.34. The van der Waals surface area contributed by atoms with Crippen LogP contribution in [0.1, 0.15) is 5.69 Å². The molecule has 9 heteroatoms. The van der Waals surface area contributed by atoms with Gasteiger partial charge in [-0.3, -0.25) is 4.21 Å². The van der Waals surface area contributed by atoms with Gasteiger partial charge in [-0.05, 0) is 38.4 Å². The van der Waals surface area contributed by atoms with Gasteiger partial charge in [-0.25, -0.2) is 14.8 Å². The highest BCUT2D eigenvalue weighted by Crippen LogP contribution is 2.20. The predicted octanol–water partition coefficient (Wildman–Crippen LogP) is 1.29. The van der Waals surface area contributed by atoms with Gasteiger partial charge < -0.3 is 21.3 Å². The Morgan fingerprint density at radius 1 is 1.23 bits per heavy atom. The minimum atomic E-state index is -1.01. The van der Waals surface area contributed by atoms with Crippen molar-refractivity contribution in [2.24, 2.45) is 0 Å². The molecule has 0 radical (unpaired) electrons. The van der Waals surface area contributed by atoms with Crippen LogP contribution in [-0.2, 0) is 16.6 Å². The molecule has 2 rings (SSSR count). The number of likely N-dealkylation sites (N-methyl/N-ethyl adjacent to an activating group) is 1. The molecule has 4 N–H and O–H groups in total. The van der Waals surface area contributed by atoms with E-state index in [2.05, 4.69) is 20.6 Å². The molecule has 1 unspecified atom stereocenters. The van der Waals surface area contributed by atoms with Crippen molar-refractivity contribution in [1.29, 1.82) is 0 Å². The topological polar surface area (TPSA) is 113 Å². The van der Waals surface area contributed by atoms with Gasteiger partial charge in [0.2, 0.25) is 0 Å². The molecule has 0 bridgehead atoms. The molecule has 0 aliphatic heterocycles. The number of nitrogens with zero attached hydrogens (tertiary/aromatic N) is 3. The predicted molar refractivity (Wildman–Crippen MR) is 105 cm³/mol. The number of hydrogen-bond acceptors (Lipinski definition) is 6. The number of carbonyl (C=O) groups is 1. The van der Waals surface area contributed by atoms with Gasteiger partial charge in [-0.15, -0.1) is 0 Å². The molecule has 0 fully saturated rings. The molecule has 8 nitrogen and oxygen atoms in total. The second kappa shape index (κ2) is 9.25. The number of benzene rings is 1. The number of nitrogens with two attached hydrogens (primary N) is 1. The third kappa shape index (κ3) is 6.41. The van der Waals surface area contributed by atoms with Crippen molar-refractivity contribution < 1.29 is 9.00 Å². The second-order valence-electron chi connectivity index (χ2n) is 6.09. The summed E-state index contributed by atoms with van der Waals surface area (Å²) in [5.74, 6) is 1.12. The molecule has 1 aromatic heterocycles. The van der Waals surface area contributed by atoms with Crippen molar-refractivity contribution in [1.82, 2.24) is 20.2 Å². The van der Waals surface area contributed by atoms with Crippen LogP contribution >= 0.6 is 0 Å². The SMILES string of the molecule is CN(C)CCNC(=O)Nc1ccc(-c2nc(N)cc(CS(C)=O)n2)cc1. The monoisotopic (exact) mass is 376 g/mol. The molecule has 0 spiro atoms. The summed E-state index contributed by atoms with van der Waals surface area (Å²) in [6.07, 6.45) is 1.61. The van der Waals surface area contributed by atoms with Crippen LogP contribution in [-0.4, -0.2) is 58.5 Å². The van der Waals surface area contributed by atoms with E-state index in [1.807, 2.05) is 19.0 Å². The molecule has 0 saturated heterocycles. The largest absolute Gasteiger partial charge is 0.384 e. The minimum absolute atomic E-state index is 0.257. The van der Waals surface area contributed by atoms with Gasteiger partial charge in [-0.2, -0.15) is 0 Å². The molecule has 2 amide bonds. The average Bonchev–Trinajstić information content (AvgIpc) is 2.54. The summed E-state index contributed by atoms with van der Waals surface area (Å²) in [5, 5.41) is 5.55. The summed E-state index contributed by atoms with van der Waals surface area (Å²) in [4.78, 5) is 22.4. The Balaban J connectivity index is 2.04. The van der Waals surface area contributed by atoms with Crippen molar-refractivity contribution in [2.45, 2.75) is 5.75 Å². The van der Waals surface area contributed by atoms with Gasteiger partial charge in [0.05, 0.1) is 11.4 Å². The van der Waals surface area contributed by atoms with Gasteiger partial charge in [0.15, 0.2) is 5.82 Å². The Morgan fingerprint density at radius 3 is 2.54 bits per heavy atom. The fraction of sp³-hybridized carbons (Fsp3) is 0.353. The average molecular weight is 376 g/mol. The number of urea groups is 1. The Kier molecular flexibility index (Phi) is 7.05. The van der Waals surface area contributed by atoms with Crippen LogP contribution < -0.4 is 16.4 Å². The van der Waals surface area contributed by atoms with E-state index in [1.54, 1.807) is 36.6 Å². The smallest absolute Gasteiger partial charge is 0.319 e. The molecular weight excluding hydrogens is 352 g/mol. The molecule has 1 aromatic carbocycles. The van der Waals surface area contributed by atoms with Crippen LogP contribution in [0.25, 0.3) is 11.4 Å². The van der Waals surface area contributed by atoms with E-state index >= 15 is 0 Å². The molecule has 2 aromatic rings. The van der Waals surface area contributed by atoms with Crippen molar-refractivity contribution in [2.75, 3.05) is 44.5 Å². The van der Waals surface area contributed by atoms with Crippen molar-refractivity contribution in [3.8, 4) is 11.4 Å². The van der Waals surface area contributed by atoms with E-state index in [1.165, 1.54) is 0 Å². The lowest BCUT2D eigenvalue weighted by Gasteiger charge is -2.11. The van der Waals surface area contributed by atoms with E-state index < -0.39 is 10.8 Å². The zero-order valence-corrected chi connectivity index (χ0v) is 16.0. The standard InChI is InChI=1S/C17H24N6O2S/c1-23(2)9-8-19-17(24)21-13-6-4-12(5-7-13)16-20-14(11-26(3)25)10-15(18)22-16/h4-7,10H,8-9,11H2,1-3H3,(H2,18,20,22)(H2,19,21,24). The second-order valence-corrected chi connectivity index (χ2v) is 7.52. The van der Waals surface area contributed by atoms with Gasteiger partial charge in [0, 0.05) is 47.5 Å². The molecule has 0 aliphatic rings. The lowest BCUT2D eigenvalue weighted by molar-refractivity contribution is 0.250. The number of nitrogen functional groups attached to an aromatic ring is 1. The number of amides is 2. The van der Waals surface area contributed by atoms with E-state index in [-0.39, 0.29) is 6.03 Å². The number of hydrogen-bond donors (Lipinski definition) is 3. The Labute approximate surface area is 155 Å². The third-order valence-corrected chi connectivity index (χ3v) is 4.10. The molecule has 1 heterocycles. The van der Waals surface area contributed by atoms with Crippen molar-refractivity contribution in [3.63, 3.8) is 0 Å². The van der Waals surface area contributed by atoms with E-state index in [4.69, 9.17) is 5.73 Å². The highest BCUT2D eigenvalue weighted by Gasteiger charge is 2.08. The normalized spacial score (nSPS) is 12.0. The van der Waals surface area contributed by atoms with E-state index in [0.717, 1.165) is 12.1 Å². The van der Waals surface area contributed by atoms with Crippen molar-refractivity contribution in [3.05, 3.63) is 36.0 Å². The van der Waals surface area contributed by atoms with Gasteiger partial charge in [0.25, 0.3) is 0 Å². The first kappa shape index (κ1) is 19.8. The summed E-state index contributed by atoms with van der Waals surface area (Å²) in [6.45, 7) is 1.33. The van der Waals surface area contributed by atoms with Gasteiger partial charge in [-0.1, -0.05) is 0 Å². The van der Waals surface area contributed by atoms with E-state index in [9.17, 15) is 9.00 Å². The maximum Gasteiger partial charge on any atom is 0.319 e. The maximum absolute atomic E-state index is 11.8. The first-order valence-corrected chi connectivity index (χ1v) is 9.79. The van der Waals surface area contributed by atoms with Crippen LogP contribution in [0.5, 0.6) is 0 Å². The Morgan fingerprint density at radius 2 is 1.92 bits per heavy atom. The maximum atomic E-state index is 11.8. The van der Waals surface area contributed by atoms with Crippen LogP contribution in [0.3, 0.4) is 0 Å². The minimum Gasteiger partial charge on any atom is -0.384 e. The summed E-state index contributed by atoms with van der Waals surface area (Å²) in [6, 6.07) is 8.51.